The standard InChI is InChI=1S/C26H30O5/c1-25(2)29-22-23(28-17-21-11-7-4-8-12-21)26(15-19-13-14-19,31-24(22)30-25)18-27-16-20-9-5-3-6-10-20/h3-12,15,22-24H,13-14,16-18H2,1-2H3/t22-,23+,24+,26-/m1/s1. The van der Waals surface area contributed by atoms with Crippen LogP contribution in [0.4, 0.5) is 0 Å². The summed E-state index contributed by atoms with van der Waals surface area (Å²) in [5.41, 5.74) is 2.88. The normalized spacial score (nSPS) is 30.9. The second-order valence-corrected chi connectivity index (χ2v) is 9.04. The Morgan fingerprint density at radius 2 is 1.52 bits per heavy atom. The van der Waals surface area contributed by atoms with Crippen LogP contribution in [-0.4, -0.2) is 36.5 Å². The van der Waals surface area contributed by atoms with E-state index >= 15 is 0 Å². The molecule has 2 heterocycles. The van der Waals surface area contributed by atoms with Crippen molar-refractivity contribution < 1.29 is 23.7 Å². The monoisotopic (exact) mass is 422 g/mol. The molecule has 1 saturated carbocycles. The van der Waals surface area contributed by atoms with Crippen LogP contribution in [0.2, 0.25) is 0 Å². The Balaban J connectivity index is 1.37. The van der Waals surface area contributed by atoms with Gasteiger partial charge in [0.15, 0.2) is 12.1 Å². The Morgan fingerprint density at radius 3 is 2.16 bits per heavy atom. The van der Waals surface area contributed by atoms with Gasteiger partial charge in [0, 0.05) is 0 Å². The van der Waals surface area contributed by atoms with Gasteiger partial charge in [-0.1, -0.05) is 66.2 Å². The lowest BCUT2D eigenvalue weighted by Crippen LogP contribution is -2.48. The topological polar surface area (TPSA) is 46.2 Å². The molecule has 4 atom stereocenters. The van der Waals surface area contributed by atoms with E-state index in [4.69, 9.17) is 23.7 Å². The Bertz CT molecular complexity index is 904. The van der Waals surface area contributed by atoms with Crippen molar-refractivity contribution in [3.05, 3.63) is 83.4 Å². The van der Waals surface area contributed by atoms with Crippen molar-refractivity contribution in [3.63, 3.8) is 0 Å². The van der Waals surface area contributed by atoms with E-state index in [1.807, 2.05) is 50.2 Å². The second kappa shape index (κ2) is 8.49. The van der Waals surface area contributed by atoms with Crippen LogP contribution in [0.25, 0.3) is 0 Å². The summed E-state index contributed by atoms with van der Waals surface area (Å²) in [6, 6.07) is 20.4. The lowest BCUT2D eigenvalue weighted by molar-refractivity contribution is -0.243. The predicted molar refractivity (Wildman–Crippen MR) is 116 cm³/mol. The molecule has 3 aliphatic rings. The third-order valence-electron chi connectivity index (χ3n) is 5.90. The molecule has 5 rings (SSSR count). The van der Waals surface area contributed by atoms with Gasteiger partial charge >= 0.3 is 0 Å². The van der Waals surface area contributed by atoms with Crippen molar-refractivity contribution >= 4 is 0 Å². The third kappa shape index (κ3) is 4.76. The highest BCUT2D eigenvalue weighted by Gasteiger charge is 2.62. The summed E-state index contributed by atoms with van der Waals surface area (Å²) in [6.07, 6.45) is 3.27. The molecular formula is C26H30O5. The zero-order chi connectivity index (χ0) is 21.3. The molecule has 2 aromatic carbocycles. The number of ether oxygens (including phenoxy) is 5. The van der Waals surface area contributed by atoms with Crippen LogP contribution in [0.3, 0.4) is 0 Å². The minimum atomic E-state index is -0.735. The van der Waals surface area contributed by atoms with E-state index in [2.05, 4.69) is 30.3 Å². The zero-order valence-electron chi connectivity index (χ0n) is 18.2. The van der Waals surface area contributed by atoms with E-state index in [-0.39, 0.29) is 12.2 Å². The number of hydrogen-bond donors (Lipinski definition) is 0. The van der Waals surface area contributed by atoms with Crippen LogP contribution in [0.15, 0.2) is 72.3 Å². The summed E-state index contributed by atoms with van der Waals surface area (Å²) in [7, 11) is 0. The maximum atomic E-state index is 6.52. The number of benzene rings is 2. The van der Waals surface area contributed by atoms with Crippen molar-refractivity contribution in [2.75, 3.05) is 6.61 Å². The first-order valence-electron chi connectivity index (χ1n) is 11.0. The quantitative estimate of drug-likeness (QED) is 0.574. The van der Waals surface area contributed by atoms with Gasteiger partial charge in [-0.2, -0.15) is 0 Å². The van der Waals surface area contributed by atoms with E-state index in [9.17, 15) is 0 Å². The van der Waals surface area contributed by atoms with Gasteiger partial charge in [-0.05, 0) is 43.9 Å². The van der Waals surface area contributed by atoms with E-state index in [0.29, 0.717) is 19.8 Å². The molecule has 0 N–H and O–H groups in total. The number of fused-ring (bicyclic) bond motifs is 1. The summed E-state index contributed by atoms with van der Waals surface area (Å²) in [6.45, 7) is 5.20. The molecular weight excluding hydrogens is 392 g/mol. The van der Waals surface area contributed by atoms with Crippen molar-refractivity contribution in [1.82, 2.24) is 0 Å². The molecule has 164 valence electrons. The minimum Gasteiger partial charge on any atom is -0.373 e. The number of rotatable bonds is 8. The van der Waals surface area contributed by atoms with Crippen LogP contribution in [0.5, 0.6) is 0 Å². The largest absolute Gasteiger partial charge is 0.373 e. The summed E-state index contributed by atoms with van der Waals surface area (Å²) in [4.78, 5) is 0. The Morgan fingerprint density at radius 1 is 0.871 bits per heavy atom. The van der Waals surface area contributed by atoms with Crippen molar-refractivity contribution in [2.45, 2.75) is 69.8 Å². The maximum Gasteiger partial charge on any atom is 0.191 e. The second-order valence-electron chi connectivity index (χ2n) is 9.04. The Labute approximate surface area is 183 Å². The predicted octanol–water partition coefficient (Wildman–Crippen LogP) is 4.76. The van der Waals surface area contributed by atoms with Crippen LogP contribution < -0.4 is 0 Å². The van der Waals surface area contributed by atoms with Gasteiger partial charge in [0.1, 0.15) is 17.8 Å². The average molecular weight is 423 g/mol. The fourth-order valence-corrected chi connectivity index (χ4v) is 4.35. The Hall–Kier alpha value is -2.02. The SMILES string of the molecule is CC1(C)O[C@H]2O[C@](C=C3CC3)(COCc3ccccc3)[C@@H](OCc3ccccc3)[C@H]2O1. The molecule has 5 nitrogen and oxygen atoms in total. The van der Waals surface area contributed by atoms with E-state index < -0.39 is 17.7 Å². The molecule has 0 aromatic heterocycles. The zero-order valence-corrected chi connectivity index (χ0v) is 18.2. The van der Waals surface area contributed by atoms with Crippen molar-refractivity contribution in [1.29, 1.82) is 0 Å². The van der Waals surface area contributed by atoms with Gasteiger partial charge in [0.25, 0.3) is 0 Å². The van der Waals surface area contributed by atoms with Gasteiger partial charge in [-0.25, -0.2) is 0 Å². The van der Waals surface area contributed by atoms with Gasteiger partial charge in [0.2, 0.25) is 0 Å². The highest BCUT2D eigenvalue weighted by atomic mass is 16.8. The molecule has 2 aliphatic heterocycles. The Kier molecular flexibility index (Phi) is 5.71. The van der Waals surface area contributed by atoms with Crippen LogP contribution >= 0.6 is 0 Å². The molecule has 0 unspecified atom stereocenters. The molecule has 0 bridgehead atoms. The van der Waals surface area contributed by atoms with Gasteiger partial charge in [0.05, 0.1) is 19.8 Å². The van der Waals surface area contributed by atoms with Crippen molar-refractivity contribution in [3.8, 4) is 0 Å². The van der Waals surface area contributed by atoms with Crippen LogP contribution in [-0.2, 0) is 36.9 Å². The number of hydrogen-bond acceptors (Lipinski definition) is 5. The van der Waals surface area contributed by atoms with E-state index in [0.717, 1.165) is 24.0 Å². The lowest BCUT2D eigenvalue weighted by Gasteiger charge is -2.34. The molecule has 31 heavy (non-hydrogen) atoms. The molecule has 0 spiro atoms. The number of allylic oxidation sites excluding steroid dienone is 1. The van der Waals surface area contributed by atoms with Gasteiger partial charge in [-0.3, -0.25) is 0 Å². The summed E-state index contributed by atoms with van der Waals surface area (Å²) < 4.78 is 31.5. The molecule has 1 aliphatic carbocycles. The minimum absolute atomic E-state index is 0.311. The smallest absolute Gasteiger partial charge is 0.191 e. The van der Waals surface area contributed by atoms with E-state index in [1.165, 1.54) is 5.57 Å². The van der Waals surface area contributed by atoms with Crippen LogP contribution in [0.1, 0.15) is 37.8 Å². The van der Waals surface area contributed by atoms with Gasteiger partial charge in [-0.15, -0.1) is 0 Å². The first kappa shape index (κ1) is 20.9. The molecule has 0 amide bonds. The maximum absolute atomic E-state index is 6.52. The molecule has 3 fully saturated rings. The molecule has 2 saturated heterocycles. The molecule has 0 radical (unpaired) electrons. The average Bonchev–Trinajstić information content (AvgIpc) is 3.46. The highest BCUT2D eigenvalue weighted by Crippen LogP contribution is 2.47. The third-order valence-corrected chi connectivity index (χ3v) is 5.90. The first-order valence-corrected chi connectivity index (χ1v) is 11.0. The fraction of sp³-hybridized carbons (Fsp3) is 0.462. The van der Waals surface area contributed by atoms with Crippen molar-refractivity contribution in [2.24, 2.45) is 0 Å². The summed E-state index contributed by atoms with van der Waals surface area (Å²) in [5.74, 6) is -0.701. The lowest BCUT2D eigenvalue weighted by atomic mass is 9.94. The van der Waals surface area contributed by atoms with Crippen LogP contribution in [0, 0.1) is 0 Å². The summed E-state index contributed by atoms with van der Waals surface area (Å²) in [5, 5.41) is 0. The fourth-order valence-electron chi connectivity index (χ4n) is 4.35. The molecule has 2 aromatic rings. The molecule has 5 heteroatoms. The summed E-state index contributed by atoms with van der Waals surface area (Å²) >= 11 is 0. The van der Waals surface area contributed by atoms with Gasteiger partial charge < -0.3 is 23.7 Å². The first-order chi connectivity index (χ1) is 15.0. The highest BCUT2D eigenvalue weighted by molar-refractivity contribution is 5.27. The van der Waals surface area contributed by atoms with E-state index in [1.54, 1.807) is 0 Å².